The van der Waals surface area contributed by atoms with Crippen LogP contribution in [0.1, 0.15) is 20.8 Å². The second-order valence-electron chi connectivity index (χ2n) is 7.58. The van der Waals surface area contributed by atoms with Gasteiger partial charge in [0.15, 0.2) is 0 Å². The van der Waals surface area contributed by atoms with Crippen molar-refractivity contribution in [2.24, 2.45) is 0 Å². The van der Waals surface area contributed by atoms with E-state index in [1.807, 2.05) is 30.6 Å². The lowest BCUT2D eigenvalue weighted by Gasteiger charge is -2.36. The van der Waals surface area contributed by atoms with Crippen LogP contribution in [0.2, 0.25) is 0 Å². The summed E-state index contributed by atoms with van der Waals surface area (Å²) in [5.74, 6) is 0.0940. The zero-order chi connectivity index (χ0) is 20.3. The minimum Gasteiger partial charge on any atom is -0.366 e. The van der Waals surface area contributed by atoms with Crippen molar-refractivity contribution in [3.8, 4) is 0 Å². The normalized spacial score (nSPS) is 14.9. The van der Waals surface area contributed by atoms with Crippen LogP contribution < -0.4 is 20.7 Å². The Morgan fingerprint density at radius 2 is 1.75 bits per heavy atom. The number of nitrogens with one attached hydrogen (secondary N) is 2. The monoisotopic (exact) mass is 389 g/mol. The van der Waals surface area contributed by atoms with Gasteiger partial charge in [0, 0.05) is 31.7 Å². The Hall–Kier alpha value is -3.01. The van der Waals surface area contributed by atoms with Crippen LogP contribution in [0.4, 0.5) is 27.4 Å². The molecule has 10 heteroatoms. The number of anilines is 3. The van der Waals surface area contributed by atoms with E-state index in [-0.39, 0.29) is 28.7 Å². The number of para-hydroxylation sites is 1. The molecule has 1 aromatic heterocycles. The fourth-order valence-corrected chi connectivity index (χ4v) is 2.97. The number of benzene rings is 1. The first-order chi connectivity index (χ1) is 13.3. The summed E-state index contributed by atoms with van der Waals surface area (Å²) in [5, 5.41) is 11.7. The molecule has 0 bridgehead atoms. The predicted octanol–water partition coefficient (Wildman–Crippen LogP) is 2.57. The molecule has 2 N–H and O–H groups in total. The molecular formula is C18H24FN7O2. The number of halogens is 1. The van der Waals surface area contributed by atoms with E-state index in [4.69, 9.17) is 0 Å². The van der Waals surface area contributed by atoms with Crippen LogP contribution in [0.3, 0.4) is 0 Å². The van der Waals surface area contributed by atoms with Gasteiger partial charge >= 0.3 is 5.69 Å². The van der Waals surface area contributed by atoms with Crippen LogP contribution >= 0.6 is 0 Å². The number of hydrogen-bond acceptors (Lipinski definition) is 8. The molecule has 0 saturated carbocycles. The van der Waals surface area contributed by atoms with E-state index in [1.165, 1.54) is 12.4 Å². The first-order valence-electron chi connectivity index (χ1n) is 9.03. The molecule has 1 fully saturated rings. The fraction of sp³-hybridized carbons (Fsp3) is 0.444. The molecule has 1 aromatic carbocycles. The van der Waals surface area contributed by atoms with Crippen molar-refractivity contribution in [2.75, 3.05) is 41.4 Å². The van der Waals surface area contributed by atoms with Crippen molar-refractivity contribution in [3.63, 3.8) is 0 Å². The minimum atomic E-state index is -0.481. The first-order valence-corrected chi connectivity index (χ1v) is 9.03. The molecule has 0 atom stereocenters. The van der Waals surface area contributed by atoms with Crippen molar-refractivity contribution < 1.29 is 9.31 Å². The average Bonchev–Trinajstić information content (AvgIpc) is 2.66. The largest absolute Gasteiger partial charge is 0.366 e. The van der Waals surface area contributed by atoms with Crippen LogP contribution in [-0.2, 0) is 0 Å². The lowest BCUT2D eigenvalue weighted by Crippen LogP contribution is -2.47. The van der Waals surface area contributed by atoms with Gasteiger partial charge in [0.05, 0.1) is 10.6 Å². The Morgan fingerprint density at radius 3 is 2.36 bits per heavy atom. The van der Waals surface area contributed by atoms with E-state index in [2.05, 4.69) is 20.8 Å². The van der Waals surface area contributed by atoms with Gasteiger partial charge in [0.1, 0.15) is 12.1 Å². The number of rotatable bonds is 5. The van der Waals surface area contributed by atoms with E-state index in [9.17, 15) is 14.5 Å². The Labute approximate surface area is 162 Å². The van der Waals surface area contributed by atoms with Crippen LogP contribution in [0, 0.1) is 15.9 Å². The fourth-order valence-electron chi connectivity index (χ4n) is 2.97. The summed E-state index contributed by atoms with van der Waals surface area (Å²) in [5.41, 5.74) is 5.87. The highest BCUT2D eigenvalue weighted by Gasteiger charge is 2.30. The average molecular weight is 389 g/mol. The summed E-state index contributed by atoms with van der Waals surface area (Å²) in [6, 6.07) is 6.61. The Morgan fingerprint density at radius 1 is 1.11 bits per heavy atom. The second-order valence-corrected chi connectivity index (χ2v) is 7.58. The van der Waals surface area contributed by atoms with Crippen LogP contribution in [0.15, 0.2) is 30.6 Å². The van der Waals surface area contributed by atoms with Gasteiger partial charge in [-0.05, 0) is 32.9 Å². The summed E-state index contributed by atoms with van der Waals surface area (Å²) in [6.45, 7) is 7.81. The highest BCUT2D eigenvalue weighted by molar-refractivity contribution is 5.70. The van der Waals surface area contributed by atoms with Crippen LogP contribution in [-0.4, -0.2) is 46.6 Å². The molecule has 9 nitrogen and oxygen atoms in total. The van der Waals surface area contributed by atoms with Gasteiger partial charge < -0.3 is 9.80 Å². The van der Waals surface area contributed by atoms with Gasteiger partial charge in [-0.15, -0.1) is 0 Å². The van der Waals surface area contributed by atoms with Gasteiger partial charge in [0.2, 0.25) is 11.6 Å². The molecule has 150 valence electrons. The number of aromatic nitrogens is 2. The molecular weight excluding hydrogens is 365 g/mol. The van der Waals surface area contributed by atoms with Gasteiger partial charge in [-0.3, -0.25) is 15.5 Å². The molecule has 1 saturated heterocycles. The zero-order valence-electron chi connectivity index (χ0n) is 16.1. The third-order valence-electron chi connectivity index (χ3n) is 4.31. The van der Waals surface area contributed by atoms with E-state index >= 15 is 0 Å². The van der Waals surface area contributed by atoms with Crippen molar-refractivity contribution >= 4 is 23.0 Å². The maximum atomic E-state index is 14.0. The molecule has 2 aromatic rings. The maximum absolute atomic E-state index is 14.0. The molecule has 0 unspecified atom stereocenters. The lowest BCUT2D eigenvalue weighted by atomic mass is 10.1. The zero-order valence-corrected chi connectivity index (χ0v) is 16.1. The Kier molecular flexibility index (Phi) is 5.59. The second kappa shape index (κ2) is 7.93. The number of hydrogen-bond donors (Lipinski definition) is 2. The number of hydrazine groups is 1. The molecule has 2 heterocycles. The third-order valence-corrected chi connectivity index (χ3v) is 4.31. The van der Waals surface area contributed by atoms with Crippen LogP contribution in [0.5, 0.6) is 0 Å². The lowest BCUT2D eigenvalue weighted by molar-refractivity contribution is -0.383. The Balaban J connectivity index is 1.79. The predicted molar refractivity (Wildman–Crippen MR) is 106 cm³/mol. The number of nitrogens with zero attached hydrogens (tertiary/aromatic N) is 5. The summed E-state index contributed by atoms with van der Waals surface area (Å²) >= 11 is 0. The number of piperazine rings is 1. The number of nitro groups is 1. The molecule has 1 aliphatic heterocycles. The van der Waals surface area contributed by atoms with E-state index in [0.29, 0.717) is 31.9 Å². The summed E-state index contributed by atoms with van der Waals surface area (Å²) in [7, 11) is 0. The van der Waals surface area contributed by atoms with Gasteiger partial charge in [-0.2, -0.15) is 0 Å². The van der Waals surface area contributed by atoms with Gasteiger partial charge in [0.25, 0.3) is 0 Å². The molecule has 28 heavy (non-hydrogen) atoms. The standard InChI is InChI=1S/C18H24FN7O2/c1-18(2,3)23-22-16-15(26(27)28)17(21-12-20-16)25-10-8-24(9-11-25)14-7-5-4-6-13(14)19/h4-7,12,23H,8-11H2,1-3H3,(H,20,21,22). The third kappa shape index (κ3) is 4.45. The molecule has 0 aliphatic carbocycles. The van der Waals surface area contributed by atoms with Gasteiger partial charge in [-0.1, -0.05) is 12.1 Å². The summed E-state index contributed by atoms with van der Waals surface area (Å²) in [6.07, 6.45) is 1.30. The van der Waals surface area contributed by atoms with Crippen LogP contribution in [0.25, 0.3) is 0 Å². The quantitative estimate of drug-likeness (QED) is 0.595. The van der Waals surface area contributed by atoms with Crippen molar-refractivity contribution in [2.45, 2.75) is 26.3 Å². The highest BCUT2D eigenvalue weighted by Crippen LogP contribution is 2.32. The van der Waals surface area contributed by atoms with E-state index in [1.54, 1.807) is 18.2 Å². The topological polar surface area (TPSA) is 99.5 Å². The molecule has 0 amide bonds. The smallest absolute Gasteiger partial charge is 0.354 e. The molecule has 0 radical (unpaired) electrons. The molecule has 0 spiro atoms. The first kappa shape index (κ1) is 19.7. The molecule has 1 aliphatic rings. The SMILES string of the molecule is CC(C)(C)NNc1ncnc(N2CCN(c3ccccc3F)CC2)c1[N+](=O)[O-]. The van der Waals surface area contributed by atoms with Crippen molar-refractivity contribution in [1.82, 2.24) is 15.4 Å². The molecule has 3 rings (SSSR count). The maximum Gasteiger partial charge on any atom is 0.354 e. The van der Waals surface area contributed by atoms with Gasteiger partial charge in [-0.25, -0.2) is 19.8 Å². The minimum absolute atomic E-state index is 0.112. The Bertz CT molecular complexity index is 848. The van der Waals surface area contributed by atoms with Crippen molar-refractivity contribution in [1.29, 1.82) is 0 Å². The summed E-state index contributed by atoms with van der Waals surface area (Å²) in [4.78, 5) is 23.2. The van der Waals surface area contributed by atoms with E-state index < -0.39 is 4.92 Å². The van der Waals surface area contributed by atoms with Crippen molar-refractivity contribution in [3.05, 3.63) is 46.5 Å². The summed E-state index contributed by atoms with van der Waals surface area (Å²) < 4.78 is 14.0. The highest BCUT2D eigenvalue weighted by atomic mass is 19.1. The van der Waals surface area contributed by atoms with E-state index in [0.717, 1.165) is 0 Å².